The van der Waals surface area contributed by atoms with E-state index >= 15 is 0 Å². The Hall–Kier alpha value is -0.430. The molecule has 2 rings (SSSR count). The summed E-state index contributed by atoms with van der Waals surface area (Å²) in [5, 5.41) is 0. The summed E-state index contributed by atoms with van der Waals surface area (Å²) in [6.07, 6.45) is 1.66. The molecule has 1 aliphatic carbocycles. The van der Waals surface area contributed by atoms with E-state index in [0.29, 0.717) is 0 Å². The highest BCUT2D eigenvalue weighted by Gasteiger charge is 2.26. The molecule has 1 aromatic carbocycles. The molecule has 0 saturated heterocycles. The van der Waals surface area contributed by atoms with Gasteiger partial charge in [0.05, 0.1) is 0 Å². The van der Waals surface area contributed by atoms with Gasteiger partial charge in [-0.25, -0.2) is 0 Å². The van der Waals surface area contributed by atoms with Crippen LogP contribution in [0.5, 0.6) is 0 Å². The minimum atomic E-state index is -1.75. The van der Waals surface area contributed by atoms with Gasteiger partial charge in [0.15, 0.2) is 8.38 Å². The summed E-state index contributed by atoms with van der Waals surface area (Å²) in [5.74, 6) is 0. The van der Waals surface area contributed by atoms with Crippen molar-refractivity contribution in [2.75, 3.05) is 0 Å². The first-order valence-electron chi connectivity index (χ1n) is 4.01. The van der Waals surface area contributed by atoms with Crippen molar-refractivity contribution in [3.8, 4) is 0 Å². The molecule has 0 atom stereocenters. The Morgan fingerprint density at radius 3 is 2.00 bits per heavy atom. The smallest absolute Gasteiger partial charge is 0.168 e. The van der Waals surface area contributed by atoms with Crippen LogP contribution in [-0.4, -0.2) is 15.4 Å². The molecule has 0 fully saturated rings. The van der Waals surface area contributed by atoms with E-state index in [-0.39, 0.29) is 5.66 Å². The first-order valence-corrected chi connectivity index (χ1v) is 5.33. The monoisotopic (exact) mass is 182 g/mol. The summed E-state index contributed by atoms with van der Waals surface area (Å²) in [7, 11) is -1.75. The van der Waals surface area contributed by atoms with Crippen LogP contribution in [0.4, 0.5) is 0 Å². The third kappa shape index (κ3) is 1.38. The molecule has 12 heavy (non-hydrogen) atoms. The molecule has 0 unspecified atom stereocenters. The molecule has 64 valence electrons. The van der Waals surface area contributed by atoms with E-state index in [1.54, 1.807) is 0 Å². The molecule has 0 saturated carbocycles. The lowest BCUT2D eigenvalue weighted by Gasteiger charge is -2.08. The summed E-state index contributed by atoms with van der Waals surface area (Å²) < 4.78 is 0. The lowest BCUT2D eigenvalue weighted by molar-refractivity contribution is 0.465. The van der Waals surface area contributed by atoms with Gasteiger partial charge in [-0.05, 0) is 24.0 Å². The van der Waals surface area contributed by atoms with E-state index in [1.807, 2.05) is 12.1 Å². The standard InChI is InChI=1S/C9H11O2P/c10-12(11)9-5-7-3-1-2-4-8(7)6-9/h1-4,9-11H,5-6H2. The van der Waals surface area contributed by atoms with E-state index in [0.717, 1.165) is 12.8 Å². The van der Waals surface area contributed by atoms with Gasteiger partial charge in [-0.1, -0.05) is 24.3 Å². The number of rotatable bonds is 1. The van der Waals surface area contributed by atoms with Crippen LogP contribution in [0.15, 0.2) is 24.3 Å². The zero-order valence-electron chi connectivity index (χ0n) is 6.64. The third-order valence-corrected chi connectivity index (χ3v) is 3.37. The molecule has 0 aromatic heterocycles. The van der Waals surface area contributed by atoms with Gasteiger partial charge < -0.3 is 9.79 Å². The fourth-order valence-corrected chi connectivity index (χ4v) is 2.42. The zero-order chi connectivity index (χ0) is 8.55. The fourth-order valence-electron chi connectivity index (χ4n) is 1.70. The van der Waals surface area contributed by atoms with Crippen molar-refractivity contribution in [1.29, 1.82) is 0 Å². The molecule has 0 bridgehead atoms. The van der Waals surface area contributed by atoms with Gasteiger partial charge in [0.2, 0.25) is 0 Å². The molecular weight excluding hydrogens is 171 g/mol. The van der Waals surface area contributed by atoms with Crippen LogP contribution >= 0.6 is 8.38 Å². The van der Waals surface area contributed by atoms with Crippen LogP contribution in [0.2, 0.25) is 0 Å². The van der Waals surface area contributed by atoms with Crippen molar-refractivity contribution in [3.05, 3.63) is 35.4 Å². The molecule has 0 radical (unpaired) electrons. The molecule has 3 heteroatoms. The lowest BCUT2D eigenvalue weighted by Crippen LogP contribution is -2.03. The Kier molecular flexibility index (Phi) is 2.14. The van der Waals surface area contributed by atoms with Crippen molar-refractivity contribution < 1.29 is 9.79 Å². The largest absolute Gasteiger partial charge is 0.350 e. The second-order valence-electron chi connectivity index (χ2n) is 3.15. The second kappa shape index (κ2) is 3.14. The molecule has 0 amide bonds. The maximum atomic E-state index is 9.04. The summed E-state index contributed by atoms with van der Waals surface area (Å²) >= 11 is 0. The molecular formula is C9H11O2P. The summed E-state index contributed by atoms with van der Waals surface area (Å²) in [6.45, 7) is 0. The van der Waals surface area contributed by atoms with Gasteiger partial charge in [-0.3, -0.25) is 0 Å². The van der Waals surface area contributed by atoms with Gasteiger partial charge in [0, 0.05) is 5.66 Å². The van der Waals surface area contributed by atoms with Crippen molar-refractivity contribution in [1.82, 2.24) is 0 Å². The quantitative estimate of drug-likeness (QED) is 0.645. The van der Waals surface area contributed by atoms with Crippen LogP contribution in [0.1, 0.15) is 11.1 Å². The van der Waals surface area contributed by atoms with Crippen LogP contribution in [0.3, 0.4) is 0 Å². The molecule has 0 heterocycles. The number of hydrogen-bond acceptors (Lipinski definition) is 2. The number of benzene rings is 1. The number of fused-ring (bicyclic) bond motifs is 1. The predicted octanol–water partition coefficient (Wildman–Crippen LogP) is 1.45. The minimum Gasteiger partial charge on any atom is -0.350 e. The first kappa shape index (κ1) is 8.18. The van der Waals surface area contributed by atoms with Crippen LogP contribution in [0.25, 0.3) is 0 Å². The maximum Gasteiger partial charge on any atom is 0.168 e. The fraction of sp³-hybridized carbons (Fsp3) is 0.333. The van der Waals surface area contributed by atoms with Gasteiger partial charge in [0.1, 0.15) is 0 Å². The normalized spacial score (nSPS) is 16.9. The van der Waals surface area contributed by atoms with Crippen molar-refractivity contribution in [3.63, 3.8) is 0 Å². The van der Waals surface area contributed by atoms with Gasteiger partial charge >= 0.3 is 0 Å². The molecule has 0 aliphatic heterocycles. The Balaban J connectivity index is 2.22. The number of hydrogen-bond donors (Lipinski definition) is 2. The average Bonchev–Trinajstić information content (AvgIpc) is 2.46. The van der Waals surface area contributed by atoms with E-state index in [4.69, 9.17) is 9.79 Å². The van der Waals surface area contributed by atoms with Gasteiger partial charge in [-0.2, -0.15) is 0 Å². The summed E-state index contributed by atoms with van der Waals surface area (Å²) in [4.78, 5) is 18.1. The average molecular weight is 182 g/mol. The predicted molar refractivity (Wildman–Crippen MR) is 49.0 cm³/mol. The highest BCUT2D eigenvalue weighted by Crippen LogP contribution is 2.40. The Morgan fingerprint density at radius 1 is 1.08 bits per heavy atom. The highest BCUT2D eigenvalue weighted by atomic mass is 31.2. The first-order chi connectivity index (χ1) is 5.77. The molecule has 2 nitrogen and oxygen atoms in total. The molecule has 2 N–H and O–H groups in total. The Labute approximate surface area is 72.8 Å². The molecule has 1 aliphatic rings. The maximum absolute atomic E-state index is 9.04. The third-order valence-electron chi connectivity index (χ3n) is 2.36. The summed E-state index contributed by atoms with van der Waals surface area (Å²) in [6, 6.07) is 8.12. The van der Waals surface area contributed by atoms with Gasteiger partial charge in [0.25, 0.3) is 0 Å². The Bertz CT molecular complexity index is 261. The molecule has 1 aromatic rings. The molecule has 0 spiro atoms. The SMILES string of the molecule is OP(O)C1Cc2ccccc2C1. The van der Waals surface area contributed by atoms with Crippen LogP contribution in [0, 0.1) is 0 Å². The van der Waals surface area contributed by atoms with E-state index in [9.17, 15) is 0 Å². The zero-order valence-corrected chi connectivity index (χ0v) is 7.54. The van der Waals surface area contributed by atoms with Crippen molar-refractivity contribution >= 4 is 8.38 Å². The van der Waals surface area contributed by atoms with Crippen molar-refractivity contribution in [2.24, 2.45) is 0 Å². The van der Waals surface area contributed by atoms with Crippen LogP contribution in [-0.2, 0) is 12.8 Å². The lowest BCUT2D eigenvalue weighted by atomic mass is 10.1. The second-order valence-corrected chi connectivity index (χ2v) is 4.52. The van der Waals surface area contributed by atoms with Gasteiger partial charge in [-0.15, -0.1) is 0 Å². The Morgan fingerprint density at radius 2 is 1.58 bits per heavy atom. The highest BCUT2D eigenvalue weighted by molar-refractivity contribution is 7.46. The minimum absolute atomic E-state index is 0.0670. The van der Waals surface area contributed by atoms with E-state index in [2.05, 4.69) is 12.1 Å². The van der Waals surface area contributed by atoms with E-state index in [1.165, 1.54) is 11.1 Å². The summed E-state index contributed by atoms with van der Waals surface area (Å²) in [5.41, 5.74) is 2.62. The topological polar surface area (TPSA) is 40.5 Å². The van der Waals surface area contributed by atoms with Crippen LogP contribution < -0.4 is 0 Å². The van der Waals surface area contributed by atoms with Crippen molar-refractivity contribution in [2.45, 2.75) is 18.5 Å². The van der Waals surface area contributed by atoms with E-state index < -0.39 is 8.38 Å².